The minimum Gasteiger partial charge on any atom is -0.338 e. The van der Waals surface area contributed by atoms with Crippen LogP contribution >= 0.6 is 11.8 Å². The second kappa shape index (κ2) is 9.20. The van der Waals surface area contributed by atoms with E-state index in [2.05, 4.69) is 17.4 Å². The van der Waals surface area contributed by atoms with Gasteiger partial charge in [-0.15, -0.1) is 11.8 Å². The third-order valence-electron chi connectivity index (χ3n) is 3.83. The van der Waals surface area contributed by atoms with Crippen LogP contribution in [-0.4, -0.2) is 52.0 Å². The minimum absolute atomic E-state index is 0.0117. The normalized spacial score (nSPS) is 21.3. The Kier molecular flexibility index (Phi) is 7.25. The van der Waals surface area contributed by atoms with Crippen molar-refractivity contribution in [2.45, 2.75) is 30.2 Å². The number of carbonyl (C=O) groups excluding carboxylic acids is 1. The molecule has 1 N–H and O–H groups in total. The number of amides is 2. The summed E-state index contributed by atoms with van der Waals surface area (Å²) in [6, 6.07) is 10.5. The number of nitrogens with zero attached hydrogens (tertiary/aromatic N) is 1. The topological polar surface area (TPSA) is 49.4 Å². The predicted molar refractivity (Wildman–Crippen MR) is 93.8 cm³/mol. The number of nitrogens with one attached hydrogen (secondary N) is 1. The molecule has 2 amide bonds. The molecule has 1 saturated heterocycles. The van der Waals surface area contributed by atoms with Crippen molar-refractivity contribution < 1.29 is 9.00 Å². The van der Waals surface area contributed by atoms with E-state index in [0.29, 0.717) is 6.54 Å². The highest BCUT2D eigenvalue weighted by atomic mass is 32.2. The summed E-state index contributed by atoms with van der Waals surface area (Å²) in [7, 11) is 1.16. The van der Waals surface area contributed by atoms with Gasteiger partial charge in [-0.2, -0.15) is 0 Å². The van der Waals surface area contributed by atoms with Crippen LogP contribution in [0.4, 0.5) is 4.79 Å². The van der Waals surface area contributed by atoms with Crippen molar-refractivity contribution in [1.82, 2.24) is 10.2 Å². The highest BCUT2D eigenvalue weighted by Gasteiger charge is 2.24. The fourth-order valence-corrected chi connectivity index (χ4v) is 4.58. The van der Waals surface area contributed by atoms with Gasteiger partial charge >= 0.3 is 6.03 Å². The van der Waals surface area contributed by atoms with Crippen LogP contribution in [0.5, 0.6) is 0 Å². The van der Waals surface area contributed by atoms with Crippen molar-refractivity contribution in [3.8, 4) is 0 Å². The zero-order valence-corrected chi connectivity index (χ0v) is 14.6. The van der Waals surface area contributed by atoms with Gasteiger partial charge in [0, 0.05) is 46.8 Å². The van der Waals surface area contributed by atoms with E-state index >= 15 is 0 Å². The van der Waals surface area contributed by atoms with Crippen molar-refractivity contribution in [3.05, 3.63) is 30.3 Å². The van der Waals surface area contributed by atoms with Crippen LogP contribution in [0.2, 0.25) is 0 Å². The Labute approximate surface area is 139 Å². The van der Waals surface area contributed by atoms with Gasteiger partial charge in [0.2, 0.25) is 0 Å². The van der Waals surface area contributed by atoms with E-state index < -0.39 is 10.8 Å². The summed E-state index contributed by atoms with van der Waals surface area (Å²) in [6.45, 7) is 0.696. The second-order valence-electron chi connectivity index (χ2n) is 5.44. The monoisotopic (exact) mass is 340 g/mol. The lowest BCUT2D eigenvalue weighted by Crippen LogP contribution is -2.46. The van der Waals surface area contributed by atoms with Crippen LogP contribution in [0.25, 0.3) is 0 Å². The maximum absolute atomic E-state index is 12.1. The largest absolute Gasteiger partial charge is 0.338 e. The Morgan fingerprint density at radius 3 is 2.68 bits per heavy atom. The van der Waals surface area contributed by atoms with E-state index in [4.69, 9.17) is 0 Å². The zero-order chi connectivity index (χ0) is 15.8. The first-order chi connectivity index (χ1) is 10.7. The van der Waals surface area contributed by atoms with Crippen LogP contribution < -0.4 is 5.32 Å². The van der Waals surface area contributed by atoms with Gasteiger partial charge in [0.1, 0.15) is 0 Å². The molecule has 1 fully saturated rings. The smallest absolute Gasteiger partial charge is 0.317 e. The standard InChI is InChI=1S/C16H24N2O2S2/c1-18(14-8-12-22(20)13-9-14)16(19)17-10-5-11-21-15-6-3-2-4-7-15/h2-4,6-7,14H,5,8-13H2,1H3,(H,17,19). The van der Waals surface area contributed by atoms with Crippen LogP contribution in [0.15, 0.2) is 35.2 Å². The molecular formula is C16H24N2O2S2. The van der Waals surface area contributed by atoms with Crippen molar-refractivity contribution in [1.29, 1.82) is 0 Å². The molecular weight excluding hydrogens is 316 g/mol. The van der Waals surface area contributed by atoms with Gasteiger partial charge in [0.05, 0.1) is 0 Å². The van der Waals surface area contributed by atoms with Gasteiger partial charge in [-0.25, -0.2) is 4.79 Å². The average Bonchev–Trinajstić information content (AvgIpc) is 2.55. The molecule has 0 spiro atoms. The average molecular weight is 341 g/mol. The Morgan fingerprint density at radius 2 is 2.00 bits per heavy atom. The number of thioether (sulfide) groups is 1. The lowest BCUT2D eigenvalue weighted by atomic mass is 10.1. The molecule has 0 aromatic heterocycles. The summed E-state index contributed by atoms with van der Waals surface area (Å²) >= 11 is 1.81. The van der Waals surface area contributed by atoms with Crippen molar-refractivity contribution in [2.24, 2.45) is 0 Å². The molecule has 0 unspecified atom stereocenters. The molecule has 1 aromatic rings. The zero-order valence-electron chi connectivity index (χ0n) is 13.0. The molecule has 2 rings (SSSR count). The van der Waals surface area contributed by atoms with Gasteiger partial charge in [-0.3, -0.25) is 4.21 Å². The quantitative estimate of drug-likeness (QED) is 0.640. The number of carbonyl (C=O) groups is 1. The van der Waals surface area contributed by atoms with Crippen molar-refractivity contribution >= 4 is 28.6 Å². The first-order valence-corrected chi connectivity index (χ1v) is 10.2. The summed E-state index contributed by atoms with van der Waals surface area (Å²) < 4.78 is 11.4. The highest BCUT2D eigenvalue weighted by molar-refractivity contribution is 7.99. The Bertz CT molecular complexity index is 486. The molecule has 0 radical (unpaired) electrons. The van der Waals surface area contributed by atoms with E-state index in [0.717, 1.165) is 36.5 Å². The molecule has 0 atom stereocenters. The highest BCUT2D eigenvalue weighted by Crippen LogP contribution is 2.17. The first kappa shape index (κ1) is 17.3. The Morgan fingerprint density at radius 1 is 1.32 bits per heavy atom. The molecule has 4 nitrogen and oxygen atoms in total. The third kappa shape index (κ3) is 5.65. The Balaban J connectivity index is 1.60. The summed E-state index contributed by atoms with van der Waals surface area (Å²) in [5.74, 6) is 2.43. The van der Waals surface area contributed by atoms with Crippen LogP contribution in [0.3, 0.4) is 0 Å². The molecule has 0 saturated carbocycles. The second-order valence-corrected chi connectivity index (χ2v) is 8.30. The summed E-state index contributed by atoms with van der Waals surface area (Å²) in [5.41, 5.74) is 0. The number of hydrogen-bond acceptors (Lipinski definition) is 3. The van der Waals surface area contributed by atoms with E-state index in [1.54, 1.807) is 4.90 Å². The third-order valence-corrected chi connectivity index (χ3v) is 6.32. The van der Waals surface area contributed by atoms with Gasteiger partial charge in [-0.05, 0) is 37.1 Å². The predicted octanol–water partition coefficient (Wildman–Crippen LogP) is 2.72. The Hall–Kier alpha value is -1.01. The lowest BCUT2D eigenvalue weighted by Gasteiger charge is -2.30. The SMILES string of the molecule is CN(C(=O)NCCCSc1ccccc1)C1CCS(=O)CC1. The van der Waals surface area contributed by atoms with E-state index in [-0.39, 0.29) is 12.1 Å². The fraction of sp³-hybridized carbons (Fsp3) is 0.562. The number of rotatable bonds is 6. The first-order valence-electron chi connectivity index (χ1n) is 7.70. The maximum atomic E-state index is 12.1. The minimum atomic E-state index is -0.678. The molecule has 0 aliphatic carbocycles. The van der Waals surface area contributed by atoms with E-state index in [9.17, 15) is 9.00 Å². The lowest BCUT2D eigenvalue weighted by molar-refractivity contribution is 0.186. The van der Waals surface area contributed by atoms with Crippen molar-refractivity contribution in [3.63, 3.8) is 0 Å². The van der Waals surface area contributed by atoms with Crippen LogP contribution in [0, 0.1) is 0 Å². The van der Waals surface area contributed by atoms with Crippen molar-refractivity contribution in [2.75, 3.05) is 30.9 Å². The fourth-order valence-electron chi connectivity index (χ4n) is 2.43. The molecule has 1 heterocycles. The molecule has 1 aliphatic rings. The van der Waals surface area contributed by atoms with Gasteiger partial charge in [0.25, 0.3) is 0 Å². The van der Waals surface area contributed by atoms with Crippen LogP contribution in [-0.2, 0) is 10.8 Å². The summed E-state index contributed by atoms with van der Waals surface area (Å²) in [4.78, 5) is 15.1. The number of benzene rings is 1. The van der Waals surface area contributed by atoms with Gasteiger partial charge in [-0.1, -0.05) is 18.2 Å². The molecule has 1 aromatic carbocycles. The number of hydrogen-bond donors (Lipinski definition) is 1. The molecule has 122 valence electrons. The van der Waals surface area contributed by atoms with E-state index in [1.807, 2.05) is 37.0 Å². The summed E-state index contributed by atoms with van der Waals surface area (Å²) in [5, 5.41) is 2.98. The van der Waals surface area contributed by atoms with Gasteiger partial charge in [0.15, 0.2) is 0 Å². The molecule has 6 heteroatoms. The molecule has 1 aliphatic heterocycles. The maximum Gasteiger partial charge on any atom is 0.317 e. The van der Waals surface area contributed by atoms with Crippen LogP contribution in [0.1, 0.15) is 19.3 Å². The van der Waals surface area contributed by atoms with E-state index in [1.165, 1.54) is 4.90 Å². The van der Waals surface area contributed by atoms with Gasteiger partial charge < -0.3 is 10.2 Å². The summed E-state index contributed by atoms with van der Waals surface area (Å²) in [6.07, 6.45) is 2.65. The molecule has 0 bridgehead atoms. The molecule has 22 heavy (non-hydrogen) atoms. The number of urea groups is 1.